The Morgan fingerprint density at radius 2 is 2.64 bits per heavy atom. The maximum absolute atomic E-state index is 10.8. The number of hydrogen-bond donors (Lipinski definition) is 1. The van der Waals surface area contributed by atoms with Crippen molar-refractivity contribution in [3.05, 3.63) is 11.8 Å². The maximum atomic E-state index is 10.8. The first-order valence-corrected chi connectivity index (χ1v) is 3.06. The predicted molar refractivity (Wildman–Crippen MR) is 34.1 cm³/mol. The molecule has 5 heteroatoms. The van der Waals surface area contributed by atoms with Gasteiger partial charge in [0.1, 0.15) is 0 Å². The molecule has 0 radical (unpaired) electrons. The van der Waals surface area contributed by atoms with Gasteiger partial charge in [-0.1, -0.05) is 5.16 Å². The quantitative estimate of drug-likeness (QED) is 0.635. The lowest BCUT2D eigenvalue weighted by atomic mass is 10.4. The Kier molecular flexibility index (Phi) is 2.10. The number of carbonyl (C=O) groups excluding carboxylic acids is 1. The minimum absolute atomic E-state index is 0.0492. The molecule has 60 valence electrons. The molecule has 0 saturated carbocycles. The van der Waals surface area contributed by atoms with Crippen molar-refractivity contribution in [2.75, 3.05) is 6.61 Å². The summed E-state index contributed by atoms with van der Waals surface area (Å²) in [5.74, 6) is -1.14. The van der Waals surface area contributed by atoms with Crippen molar-refractivity contribution in [2.24, 2.45) is 0 Å². The first-order valence-electron chi connectivity index (χ1n) is 3.06. The standard InChI is InChI=1S/C6H7NO4/c1-2-10-5(8)4-3-7-11-6(4)9/h3,9H,2H2,1H3. The predicted octanol–water partition coefficient (Wildman–Crippen LogP) is 0.557. The third-order valence-corrected chi connectivity index (χ3v) is 1.05. The minimum atomic E-state index is -0.633. The molecule has 0 fully saturated rings. The molecule has 11 heavy (non-hydrogen) atoms. The van der Waals surface area contributed by atoms with Crippen LogP contribution in [-0.4, -0.2) is 22.8 Å². The monoisotopic (exact) mass is 157 g/mol. The number of ether oxygens (including phenoxy) is 1. The molecule has 0 unspecified atom stereocenters. The highest BCUT2D eigenvalue weighted by molar-refractivity contribution is 5.91. The fraction of sp³-hybridized carbons (Fsp3) is 0.333. The maximum Gasteiger partial charge on any atom is 0.347 e. The fourth-order valence-electron chi connectivity index (χ4n) is 0.582. The number of nitrogens with zero attached hydrogens (tertiary/aromatic N) is 1. The van der Waals surface area contributed by atoms with Crippen molar-refractivity contribution in [3.8, 4) is 5.95 Å². The summed E-state index contributed by atoms with van der Waals surface area (Å²) in [6.07, 6.45) is 1.10. The van der Waals surface area contributed by atoms with Crippen molar-refractivity contribution < 1.29 is 19.2 Å². The van der Waals surface area contributed by atoms with Crippen LogP contribution >= 0.6 is 0 Å². The largest absolute Gasteiger partial charge is 0.479 e. The van der Waals surface area contributed by atoms with E-state index in [-0.39, 0.29) is 12.2 Å². The van der Waals surface area contributed by atoms with Crippen molar-refractivity contribution in [1.29, 1.82) is 0 Å². The van der Waals surface area contributed by atoms with Gasteiger partial charge in [0, 0.05) is 0 Å². The molecule has 1 heterocycles. The van der Waals surface area contributed by atoms with Crippen LogP contribution in [-0.2, 0) is 4.74 Å². The van der Waals surface area contributed by atoms with E-state index in [1.807, 2.05) is 0 Å². The summed E-state index contributed by atoms with van der Waals surface area (Å²) >= 11 is 0. The van der Waals surface area contributed by atoms with E-state index in [4.69, 9.17) is 5.11 Å². The lowest BCUT2D eigenvalue weighted by Crippen LogP contribution is -2.02. The van der Waals surface area contributed by atoms with E-state index in [0.29, 0.717) is 0 Å². The molecular weight excluding hydrogens is 150 g/mol. The van der Waals surface area contributed by atoms with Crippen LogP contribution in [0.15, 0.2) is 10.7 Å². The van der Waals surface area contributed by atoms with Crippen molar-refractivity contribution >= 4 is 5.97 Å². The topological polar surface area (TPSA) is 72.6 Å². The van der Waals surface area contributed by atoms with E-state index >= 15 is 0 Å². The van der Waals surface area contributed by atoms with Gasteiger partial charge in [0.25, 0.3) is 0 Å². The molecule has 5 nitrogen and oxygen atoms in total. The van der Waals surface area contributed by atoms with E-state index in [1.54, 1.807) is 6.92 Å². The molecule has 0 aromatic carbocycles. The van der Waals surface area contributed by atoms with E-state index in [0.717, 1.165) is 6.20 Å². The van der Waals surface area contributed by atoms with Gasteiger partial charge in [0.05, 0.1) is 12.8 Å². The number of rotatable bonds is 2. The van der Waals surface area contributed by atoms with Crippen LogP contribution in [0.4, 0.5) is 0 Å². The summed E-state index contributed by atoms with van der Waals surface area (Å²) in [5, 5.41) is 12.0. The highest BCUT2D eigenvalue weighted by Gasteiger charge is 2.15. The molecule has 0 aliphatic heterocycles. The third-order valence-electron chi connectivity index (χ3n) is 1.05. The zero-order valence-corrected chi connectivity index (χ0v) is 5.90. The summed E-state index contributed by atoms with van der Waals surface area (Å²) in [6.45, 7) is 1.92. The molecule has 0 aliphatic carbocycles. The molecule has 0 amide bonds. The Morgan fingerprint density at radius 3 is 3.09 bits per heavy atom. The molecule has 0 saturated heterocycles. The number of esters is 1. The average molecular weight is 157 g/mol. The van der Waals surface area contributed by atoms with Gasteiger partial charge < -0.3 is 14.4 Å². The van der Waals surface area contributed by atoms with E-state index in [9.17, 15) is 4.79 Å². The number of hydrogen-bond acceptors (Lipinski definition) is 5. The van der Waals surface area contributed by atoms with E-state index in [1.165, 1.54) is 0 Å². The first kappa shape index (κ1) is 7.59. The Morgan fingerprint density at radius 1 is 1.91 bits per heavy atom. The van der Waals surface area contributed by atoms with Gasteiger partial charge in [-0.2, -0.15) is 0 Å². The summed E-state index contributed by atoms with van der Waals surface area (Å²) < 4.78 is 8.80. The van der Waals surface area contributed by atoms with Crippen LogP contribution in [0.3, 0.4) is 0 Å². The number of aromatic hydroxyl groups is 1. The van der Waals surface area contributed by atoms with Crippen LogP contribution in [0.2, 0.25) is 0 Å². The molecule has 1 rings (SSSR count). The highest BCUT2D eigenvalue weighted by atomic mass is 16.6. The number of carbonyl (C=O) groups is 1. The van der Waals surface area contributed by atoms with Gasteiger partial charge >= 0.3 is 11.9 Å². The smallest absolute Gasteiger partial charge is 0.347 e. The first-order chi connectivity index (χ1) is 5.25. The second-order valence-corrected chi connectivity index (χ2v) is 1.77. The molecule has 0 spiro atoms. The molecular formula is C6H7NO4. The van der Waals surface area contributed by atoms with Crippen LogP contribution in [0.25, 0.3) is 0 Å². The summed E-state index contributed by atoms with van der Waals surface area (Å²) in [7, 11) is 0. The van der Waals surface area contributed by atoms with Crippen molar-refractivity contribution in [2.45, 2.75) is 6.92 Å². The van der Waals surface area contributed by atoms with Gasteiger partial charge in [-0.05, 0) is 6.92 Å². The normalized spacial score (nSPS) is 9.55. The molecule has 0 aliphatic rings. The van der Waals surface area contributed by atoms with Crippen LogP contribution in [0.5, 0.6) is 5.95 Å². The zero-order chi connectivity index (χ0) is 8.27. The van der Waals surface area contributed by atoms with Crippen LogP contribution in [0, 0.1) is 0 Å². The zero-order valence-electron chi connectivity index (χ0n) is 5.90. The molecule has 0 atom stereocenters. The van der Waals surface area contributed by atoms with Gasteiger partial charge in [-0.25, -0.2) is 4.79 Å². The second kappa shape index (κ2) is 3.05. The van der Waals surface area contributed by atoms with Crippen LogP contribution < -0.4 is 0 Å². The van der Waals surface area contributed by atoms with E-state index in [2.05, 4.69) is 14.4 Å². The van der Waals surface area contributed by atoms with Crippen molar-refractivity contribution in [1.82, 2.24) is 5.16 Å². The van der Waals surface area contributed by atoms with Crippen molar-refractivity contribution in [3.63, 3.8) is 0 Å². The Hall–Kier alpha value is -1.52. The number of aromatic nitrogens is 1. The second-order valence-electron chi connectivity index (χ2n) is 1.77. The lowest BCUT2D eigenvalue weighted by molar-refractivity contribution is 0.0520. The van der Waals surface area contributed by atoms with Crippen LogP contribution in [0.1, 0.15) is 17.3 Å². The minimum Gasteiger partial charge on any atom is -0.479 e. The van der Waals surface area contributed by atoms with Gasteiger partial charge in [0.2, 0.25) is 0 Å². The average Bonchev–Trinajstić information content (AvgIpc) is 2.36. The Balaban J connectivity index is 2.76. The SMILES string of the molecule is CCOC(=O)c1cnoc1O. The molecule has 1 aromatic heterocycles. The van der Waals surface area contributed by atoms with E-state index < -0.39 is 11.9 Å². The Labute approximate surface area is 62.6 Å². The van der Waals surface area contributed by atoms with Gasteiger partial charge in [0.15, 0.2) is 5.56 Å². The third kappa shape index (κ3) is 1.49. The summed E-state index contributed by atoms with van der Waals surface area (Å²) in [5.41, 5.74) is -0.0492. The van der Waals surface area contributed by atoms with Gasteiger partial charge in [-0.15, -0.1) is 0 Å². The summed E-state index contributed by atoms with van der Waals surface area (Å²) in [4.78, 5) is 10.8. The molecule has 1 N–H and O–H groups in total. The molecule has 0 bridgehead atoms. The fourth-order valence-corrected chi connectivity index (χ4v) is 0.582. The highest BCUT2D eigenvalue weighted by Crippen LogP contribution is 2.15. The van der Waals surface area contributed by atoms with Gasteiger partial charge in [-0.3, -0.25) is 0 Å². The lowest BCUT2D eigenvalue weighted by Gasteiger charge is -1.95. The summed E-state index contributed by atoms with van der Waals surface area (Å²) in [6, 6.07) is 0. The Bertz CT molecular complexity index is 255. The molecule has 1 aromatic rings.